The molecule has 1 rings (SSSR count). The normalized spacial score (nSPS) is 27.9. The molecule has 15 heavy (non-hydrogen) atoms. The van der Waals surface area contributed by atoms with E-state index in [9.17, 15) is 4.57 Å². The highest BCUT2D eigenvalue weighted by Gasteiger charge is 2.31. The van der Waals surface area contributed by atoms with Gasteiger partial charge >= 0.3 is 7.67 Å². The van der Waals surface area contributed by atoms with E-state index in [0.717, 1.165) is 19.4 Å². The molecular formula is C8H17Cl2N2O2P. The van der Waals surface area contributed by atoms with Crippen molar-refractivity contribution >= 4 is 30.9 Å². The van der Waals surface area contributed by atoms with Crippen LogP contribution in [0.4, 0.5) is 0 Å². The summed E-state index contributed by atoms with van der Waals surface area (Å²) >= 11 is 11.3. The van der Waals surface area contributed by atoms with Crippen molar-refractivity contribution in [2.75, 3.05) is 38.0 Å². The third kappa shape index (κ3) is 4.22. The second-order valence-corrected chi connectivity index (χ2v) is 6.24. The van der Waals surface area contributed by atoms with Gasteiger partial charge < -0.3 is 4.52 Å². The van der Waals surface area contributed by atoms with E-state index in [-0.39, 0.29) is 0 Å². The molecule has 0 radical (unpaired) electrons. The molecule has 1 heterocycles. The maximum Gasteiger partial charge on any atom is 0.343 e. The Balaban J connectivity index is 2.64. The summed E-state index contributed by atoms with van der Waals surface area (Å²) in [6, 6.07) is 0. The molecule has 1 atom stereocenters. The van der Waals surface area contributed by atoms with Gasteiger partial charge in [-0.3, -0.25) is 4.57 Å². The van der Waals surface area contributed by atoms with Crippen molar-refractivity contribution in [2.45, 2.75) is 12.8 Å². The molecule has 0 saturated carbocycles. The van der Waals surface area contributed by atoms with Gasteiger partial charge in [0, 0.05) is 31.4 Å². The Kier molecular flexibility index (Phi) is 6.51. The van der Waals surface area contributed by atoms with Crippen LogP contribution in [0.15, 0.2) is 0 Å². The van der Waals surface area contributed by atoms with Crippen molar-refractivity contribution in [1.29, 1.82) is 0 Å². The number of rotatable bonds is 5. The van der Waals surface area contributed by atoms with Crippen LogP contribution in [0.3, 0.4) is 0 Å². The molecule has 7 heteroatoms. The fraction of sp³-hybridized carbons (Fsp3) is 1.00. The first kappa shape index (κ1) is 13.8. The molecule has 1 N–H and O–H groups in total. The summed E-state index contributed by atoms with van der Waals surface area (Å²) in [5.74, 6) is 0.845. The quantitative estimate of drug-likeness (QED) is 0.617. The summed E-state index contributed by atoms with van der Waals surface area (Å²) in [5.41, 5.74) is 0. The maximum atomic E-state index is 12.4. The van der Waals surface area contributed by atoms with Gasteiger partial charge in [-0.2, -0.15) is 0 Å². The lowest BCUT2D eigenvalue weighted by atomic mass is 10.3. The third-order valence-electron chi connectivity index (χ3n) is 2.21. The fourth-order valence-corrected chi connectivity index (χ4v) is 4.08. The molecule has 0 aromatic carbocycles. The van der Waals surface area contributed by atoms with Gasteiger partial charge in [-0.25, -0.2) is 9.76 Å². The van der Waals surface area contributed by atoms with Crippen LogP contribution in [0.1, 0.15) is 12.8 Å². The SMILES string of the molecule is O=P1(N(CCCl)CCCl)NCCCCO1. The topological polar surface area (TPSA) is 41.6 Å². The van der Waals surface area contributed by atoms with Crippen LogP contribution >= 0.6 is 30.9 Å². The molecule has 0 bridgehead atoms. The maximum absolute atomic E-state index is 12.4. The van der Waals surface area contributed by atoms with Gasteiger partial charge in [0.05, 0.1) is 6.61 Å². The standard InChI is InChI=1S/C8H17Cl2N2O2P/c9-3-6-12(7-4-10)15(13)11-5-1-2-8-14-15/h1-8H2,(H,11,13). The van der Waals surface area contributed by atoms with Crippen LogP contribution in [-0.2, 0) is 9.09 Å². The summed E-state index contributed by atoms with van der Waals surface area (Å²) in [6.07, 6.45) is 1.92. The van der Waals surface area contributed by atoms with E-state index < -0.39 is 7.67 Å². The molecule has 4 nitrogen and oxygen atoms in total. The largest absolute Gasteiger partial charge is 0.343 e. The highest BCUT2D eigenvalue weighted by molar-refractivity contribution is 7.54. The van der Waals surface area contributed by atoms with Crippen LogP contribution in [0.5, 0.6) is 0 Å². The average molecular weight is 275 g/mol. The number of nitrogens with zero attached hydrogens (tertiary/aromatic N) is 1. The minimum Gasteiger partial charge on any atom is -0.306 e. The van der Waals surface area contributed by atoms with Crippen molar-refractivity contribution in [3.8, 4) is 0 Å². The van der Waals surface area contributed by atoms with Gasteiger partial charge in [0.15, 0.2) is 0 Å². The second-order valence-electron chi connectivity index (χ2n) is 3.30. The summed E-state index contributed by atoms with van der Waals surface area (Å²) < 4.78 is 19.5. The Hall–Kier alpha value is 0.690. The smallest absolute Gasteiger partial charge is 0.306 e. The zero-order valence-electron chi connectivity index (χ0n) is 8.62. The highest BCUT2D eigenvalue weighted by Crippen LogP contribution is 2.47. The third-order valence-corrected chi connectivity index (χ3v) is 4.85. The predicted octanol–water partition coefficient (Wildman–Crippen LogP) is 2.27. The van der Waals surface area contributed by atoms with E-state index in [1.165, 1.54) is 0 Å². The predicted molar refractivity (Wildman–Crippen MR) is 63.8 cm³/mol. The summed E-state index contributed by atoms with van der Waals surface area (Å²) in [4.78, 5) is 0. The molecule has 0 aromatic heterocycles. The minimum absolute atomic E-state index is 0.423. The van der Waals surface area contributed by atoms with Gasteiger partial charge in [-0.1, -0.05) is 0 Å². The van der Waals surface area contributed by atoms with Gasteiger partial charge in [0.25, 0.3) is 0 Å². The van der Waals surface area contributed by atoms with Gasteiger partial charge in [0.1, 0.15) is 0 Å². The summed E-state index contributed by atoms with van der Waals surface area (Å²) in [5, 5.41) is 2.97. The molecule has 1 aliphatic heterocycles. The Morgan fingerprint density at radius 2 is 1.93 bits per heavy atom. The highest BCUT2D eigenvalue weighted by atomic mass is 35.5. The van der Waals surface area contributed by atoms with Crippen molar-refractivity contribution < 1.29 is 9.09 Å². The Morgan fingerprint density at radius 3 is 2.53 bits per heavy atom. The molecule has 0 spiro atoms. The lowest BCUT2D eigenvalue weighted by Gasteiger charge is -2.28. The molecule has 0 amide bonds. The molecule has 0 aromatic rings. The second kappa shape index (κ2) is 7.10. The average Bonchev–Trinajstić information content (AvgIpc) is 2.44. The minimum atomic E-state index is -2.89. The van der Waals surface area contributed by atoms with Crippen LogP contribution in [0, 0.1) is 0 Å². The molecule has 90 valence electrons. The first-order chi connectivity index (χ1) is 7.23. The number of hydrogen-bond acceptors (Lipinski definition) is 2. The zero-order valence-corrected chi connectivity index (χ0v) is 11.0. The fourth-order valence-electron chi connectivity index (χ4n) is 1.43. The molecule has 1 unspecified atom stereocenters. The zero-order chi connectivity index (χ0) is 11.1. The number of halogens is 2. The van der Waals surface area contributed by atoms with Crippen molar-refractivity contribution in [2.24, 2.45) is 0 Å². The van der Waals surface area contributed by atoms with E-state index in [1.54, 1.807) is 4.67 Å². The van der Waals surface area contributed by atoms with Crippen LogP contribution in [0.25, 0.3) is 0 Å². The van der Waals surface area contributed by atoms with E-state index >= 15 is 0 Å². The lowest BCUT2D eigenvalue weighted by Crippen LogP contribution is -2.32. The van der Waals surface area contributed by atoms with Crippen LogP contribution < -0.4 is 5.09 Å². The van der Waals surface area contributed by atoms with Crippen molar-refractivity contribution in [1.82, 2.24) is 9.76 Å². The number of hydrogen-bond donors (Lipinski definition) is 1. The summed E-state index contributed by atoms with van der Waals surface area (Å²) in [7, 11) is -2.89. The van der Waals surface area contributed by atoms with E-state index in [0.29, 0.717) is 31.5 Å². The molecule has 1 saturated heterocycles. The van der Waals surface area contributed by atoms with Crippen LogP contribution in [0.2, 0.25) is 0 Å². The summed E-state index contributed by atoms with van der Waals surface area (Å²) in [6.45, 7) is 2.31. The Morgan fingerprint density at radius 1 is 1.27 bits per heavy atom. The first-order valence-corrected chi connectivity index (χ1v) is 7.74. The lowest BCUT2D eigenvalue weighted by molar-refractivity contribution is 0.264. The molecule has 1 fully saturated rings. The van der Waals surface area contributed by atoms with E-state index in [1.807, 2.05) is 0 Å². The number of alkyl halides is 2. The van der Waals surface area contributed by atoms with E-state index in [2.05, 4.69) is 5.09 Å². The molecule has 1 aliphatic rings. The van der Waals surface area contributed by atoms with Crippen molar-refractivity contribution in [3.05, 3.63) is 0 Å². The van der Waals surface area contributed by atoms with Crippen molar-refractivity contribution in [3.63, 3.8) is 0 Å². The Labute approximate surface area is 101 Å². The van der Waals surface area contributed by atoms with Gasteiger partial charge in [0.2, 0.25) is 0 Å². The van der Waals surface area contributed by atoms with Gasteiger partial charge in [-0.05, 0) is 12.8 Å². The van der Waals surface area contributed by atoms with Crippen LogP contribution in [-0.4, -0.2) is 42.7 Å². The molecule has 0 aliphatic carbocycles. The molecular weight excluding hydrogens is 258 g/mol. The van der Waals surface area contributed by atoms with E-state index in [4.69, 9.17) is 27.7 Å². The Bertz CT molecular complexity index is 213. The monoisotopic (exact) mass is 274 g/mol. The number of nitrogens with one attached hydrogen (secondary N) is 1. The van der Waals surface area contributed by atoms with Gasteiger partial charge in [-0.15, -0.1) is 23.2 Å². The first-order valence-electron chi connectivity index (χ1n) is 5.10.